The molecule has 1 heterocycles. The molecule has 1 aromatic carbocycles. The predicted octanol–water partition coefficient (Wildman–Crippen LogP) is 4.86. The van der Waals surface area contributed by atoms with Crippen LogP contribution >= 0.6 is 23.4 Å². The van der Waals surface area contributed by atoms with Crippen LogP contribution < -0.4 is 10.1 Å². The summed E-state index contributed by atoms with van der Waals surface area (Å²) in [5.74, 6) is 0.938. The number of aryl methyl sites for hydroxylation is 1. The lowest BCUT2D eigenvalue weighted by Crippen LogP contribution is -2.23. The van der Waals surface area contributed by atoms with Crippen molar-refractivity contribution in [1.82, 2.24) is 4.98 Å². The third kappa shape index (κ3) is 4.60. The van der Waals surface area contributed by atoms with Crippen molar-refractivity contribution < 1.29 is 9.53 Å². The number of ether oxygens (including phenoxy) is 1. The first-order valence-corrected chi connectivity index (χ1v) is 10.4. The Hall–Kier alpha value is -2.23. The van der Waals surface area contributed by atoms with Crippen molar-refractivity contribution in [1.29, 1.82) is 5.26 Å². The van der Waals surface area contributed by atoms with E-state index < -0.39 is 5.25 Å². The molecule has 0 saturated carbocycles. The summed E-state index contributed by atoms with van der Waals surface area (Å²) < 4.78 is 5.27. The number of nitriles is 1. The number of pyridine rings is 1. The number of benzene rings is 1. The van der Waals surface area contributed by atoms with Gasteiger partial charge in [0.1, 0.15) is 16.8 Å². The SMILES string of the molecule is COc1ccc(Cl)cc1NC(=O)C(C)Sc1nc2c(cc1C#N)CC(C)CC2. The minimum absolute atomic E-state index is 0.206. The van der Waals surface area contributed by atoms with Gasteiger partial charge in [-0.05, 0) is 61.9 Å². The van der Waals surface area contributed by atoms with E-state index in [1.807, 2.05) is 6.07 Å². The molecule has 3 rings (SSSR count). The van der Waals surface area contributed by atoms with E-state index in [0.29, 0.717) is 33.0 Å². The molecular weight excluding hydrogens is 394 g/mol. The second-order valence-electron chi connectivity index (χ2n) is 7.00. The molecule has 146 valence electrons. The summed E-state index contributed by atoms with van der Waals surface area (Å²) in [4.78, 5) is 17.4. The molecule has 2 unspecified atom stereocenters. The first-order valence-electron chi connectivity index (χ1n) is 9.15. The summed E-state index contributed by atoms with van der Waals surface area (Å²) in [7, 11) is 1.54. The van der Waals surface area contributed by atoms with Crippen LogP contribution in [0.25, 0.3) is 0 Å². The highest BCUT2D eigenvalue weighted by atomic mass is 35.5. The first kappa shape index (κ1) is 20.5. The topological polar surface area (TPSA) is 75.0 Å². The molecule has 0 aliphatic heterocycles. The summed E-state index contributed by atoms with van der Waals surface area (Å²) in [5.41, 5.74) is 3.24. The Bertz CT molecular complexity index is 942. The fourth-order valence-corrected chi connectivity index (χ4v) is 4.30. The Kier molecular flexibility index (Phi) is 6.48. The normalized spacial score (nSPS) is 16.6. The highest BCUT2D eigenvalue weighted by Gasteiger charge is 2.23. The van der Waals surface area contributed by atoms with Crippen LogP contribution in [0.15, 0.2) is 29.3 Å². The molecule has 0 bridgehead atoms. The van der Waals surface area contributed by atoms with Gasteiger partial charge in [0.15, 0.2) is 0 Å². The Labute approximate surface area is 174 Å². The van der Waals surface area contributed by atoms with Crippen molar-refractivity contribution in [3.63, 3.8) is 0 Å². The molecule has 0 spiro atoms. The van der Waals surface area contributed by atoms with Gasteiger partial charge in [0.2, 0.25) is 5.91 Å². The summed E-state index contributed by atoms with van der Waals surface area (Å²) in [6.45, 7) is 4.01. The van der Waals surface area contributed by atoms with Gasteiger partial charge in [-0.15, -0.1) is 0 Å². The lowest BCUT2D eigenvalue weighted by atomic mass is 9.87. The molecule has 5 nitrogen and oxygen atoms in total. The molecule has 0 radical (unpaired) electrons. The molecule has 28 heavy (non-hydrogen) atoms. The largest absolute Gasteiger partial charge is 0.495 e. The number of rotatable bonds is 5. The number of halogens is 1. The van der Waals surface area contributed by atoms with Crippen LogP contribution in [0.5, 0.6) is 5.75 Å². The van der Waals surface area contributed by atoms with Gasteiger partial charge in [-0.2, -0.15) is 5.26 Å². The van der Waals surface area contributed by atoms with Crippen molar-refractivity contribution in [2.45, 2.75) is 43.4 Å². The van der Waals surface area contributed by atoms with Crippen molar-refractivity contribution in [3.05, 3.63) is 46.1 Å². The number of thioether (sulfide) groups is 1. The Morgan fingerprint density at radius 2 is 2.25 bits per heavy atom. The second-order valence-corrected chi connectivity index (χ2v) is 8.77. The third-order valence-electron chi connectivity index (χ3n) is 4.80. The Morgan fingerprint density at radius 3 is 2.96 bits per heavy atom. The summed E-state index contributed by atoms with van der Waals surface area (Å²) in [6, 6.07) is 9.21. The second kappa shape index (κ2) is 8.85. The third-order valence-corrected chi connectivity index (χ3v) is 6.13. The summed E-state index contributed by atoms with van der Waals surface area (Å²) in [6.07, 6.45) is 2.96. The van der Waals surface area contributed by atoms with Crippen LogP contribution in [-0.2, 0) is 17.6 Å². The van der Waals surface area contributed by atoms with Gasteiger partial charge in [-0.1, -0.05) is 30.3 Å². The number of hydrogen-bond donors (Lipinski definition) is 1. The molecule has 1 amide bonds. The van der Waals surface area contributed by atoms with Crippen molar-refractivity contribution in [2.24, 2.45) is 5.92 Å². The number of aromatic nitrogens is 1. The highest BCUT2D eigenvalue weighted by Crippen LogP contribution is 2.33. The standard InChI is InChI=1S/C21H22ClN3O2S/c1-12-4-6-17-14(8-12)9-15(11-23)21(25-17)28-13(2)20(26)24-18-10-16(22)5-7-19(18)27-3/h5,7,9-10,12-13H,4,6,8H2,1-3H3,(H,24,26). The van der Waals surface area contributed by atoms with Gasteiger partial charge in [-0.25, -0.2) is 4.98 Å². The minimum Gasteiger partial charge on any atom is -0.495 e. The number of nitrogens with one attached hydrogen (secondary N) is 1. The summed E-state index contributed by atoms with van der Waals surface area (Å²) in [5, 5.41) is 13.1. The summed E-state index contributed by atoms with van der Waals surface area (Å²) >= 11 is 7.32. The zero-order chi connectivity index (χ0) is 20.3. The van der Waals surface area contributed by atoms with E-state index in [2.05, 4.69) is 18.3 Å². The average molecular weight is 416 g/mol. The maximum Gasteiger partial charge on any atom is 0.237 e. The number of fused-ring (bicyclic) bond motifs is 1. The number of anilines is 1. The number of carbonyl (C=O) groups excluding carboxylic acids is 1. The van der Waals surface area contributed by atoms with Gasteiger partial charge in [0, 0.05) is 10.7 Å². The van der Waals surface area contributed by atoms with Crippen LogP contribution in [0.3, 0.4) is 0 Å². The van der Waals surface area contributed by atoms with Gasteiger partial charge < -0.3 is 10.1 Å². The first-order chi connectivity index (χ1) is 13.4. The van der Waals surface area contributed by atoms with E-state index in [0.717, 1.165) is 30.5 Å². The number of hydrogen-bond acceptors (Lipinski definition) is 5. The number of carbonyl (C=O) groups is 1. The van der Waals surface area contributed by atoms with Crippen LogP contribution in [-0.4, -0.2) is 23.3 Å². The molecule has 1 N–H and O–H groups in total. The number of amides is 1. The molecule has 7 heteroatoms. The smallest absolute Gasteiger partial charge is 0.237 e. The van der Waals surface area contributed by atoms with Gasteiger partial charge in [0.25, 0.3) is 0 Å². The fourth-order valence-electron chi connectivity index (χ4n) is 3.23. The Balaban J connectivity index is 1.77. The van der Waals surface area contributed by atoms with Crippen molar-refractivity contribution in [2.75, 3.05) is 12.4 Å². The maximum atomic E-state index is 12.7. The lowest BCUT2D eigenvalue weighted by molar-refractivity contribution is -0.115. The van der Waals surface area contributed by atoms with E-state index in [1.54, 1.807) is 25.1 Å². The molecule has 1 aliphatic carbocycles. The van der Waals surface area contributed by atoms with Gasteiger partial charge in [-0.3, -0.25) is 4.79 Å². The highest BCUT2D eigenvalue weighted by molar-refractivity contribution is 8.00. The molecule has 2 aromatic rings. The molecule has 2 atom stereocenters. The predicted molar refractivity (Wildman–Crippen MR) is 112 cm³/mol. The van der Waals surface area contributed by atoms with Crippen LogP contribution in [0, 0.1) is 17.2 Å². The molecular formula is C21H22ClN3O2S. The van der Waals surface area contributed by atoms with Crippen LogP contribution in [0.1, 0.15) is 37.1 Å². The van der Waals surface area contributed by atoms with E-state index in [-0.39, 0.29) is 5.91 Å². The monoisotopic (exact) mass is 415 g/mol. The van der Waals surface area contributed by atoms with Gasteiger partial charge in [0.05, 0.1) is 23.6 Å². The number of methoxy groups -OCH3 is 1. The quantitative estimate of drug-likeness (QED) is 0.706. The van der Waals surface area contributed by atoms with E-state index in [9.17, 15) is 10.1 Å². The van der Waals surface area contributed by atoms with E-state index in [1.165, 1.54) is 18.9 Å². The molecule has 0 saturated heterocycles. The lowest BCUT2D eigenvalue weighted by Gasteiger charge is -2.22. The minimum atomic E-state index is -0.441. The maximum absolute atomic E-state index is 12.7. The zero-order valence-corrected chi connectivity index (χ0v) is 17.7. The van der Waals surface area contributed by atoms with Crippen molar-refractivity contribution in [3.8, 4) is 11.8 Å². The van der Waals surface area contributed by atoms with Crippen LogP contribution in [0.4, 0.5) is 5.69 Å². The zero-order valence-electron chi connectivity index (χ0n) is 16.1. The fraction of sp³-hybridized carbons (Fsp3) is 0.381. The molecule has 1 aromatic heterocycles. The van der Waals surface area contributed by atoms with Crippen molar-refractivity contribution >= 4 is 35.0 Å². The average Bonchev–Trinajstić information content (AvgIpc) is 2.67. The Morgan fingerprint density at radius 1 is 1.46 bits per heavy atom. The number of nitrogens with zero attached hydrogens (tertiary/aromatic N) is 2. The van der Waals surface area contributed by atoms with Crippen LogP contribution in [0.2, 0.25) is 5.02 Å². The molecule has 0 fully saturated rings. The molecule has 1 aliphatic rings. The van der Waals surface area contributed by atoms with E-state index >= 15 is 0 Å². The van der Waals surface area contributed by atoms with Gasteiger partial charge >= 0.3 is 0 Å². The van der Waals surface area contributed by atoms with E-state index in [4.69, 9.17) is 21.3 Å².